The van der Waals surface area contributed by atoms with Crippen molar-refractivity contribution in [1.82, 2.24) is 9.62 Å². The topological polar surface area (TPSA) is 84.9 Å². The number of nitrogens with one attached hydrogen (secondary N) is 1. The van der Waals surface area contributed by atoms with Crippen LogP contribution in [0.4, 0.5) is 4.39 Å². The van der Waals surface area contributed by atoms with Gasteiger partial charge < -0.3 is 9.47 Å². The van der Waals surface area contributed by atoms with E-state index in [0.717, 1.165) is 62.6 Å². The van der Waals surface area contributed by atoms with Crippen molar-refractivity contribution >= 4 is 39.1 Å². The summed E-state index contributed by atoms with van der Waals surface area (Å²) in [5, 5.41) is 1.21. The van der Waals surface area contributed by atoms with E-state index in [1.165, 1.54) is 12.1 Å². The first kappa shape index (κ1) is 27.6. The van der Waals surface area contributed by atoms with Crippen LogP contribution in [-0.2, 0) is 20.3 Å². The Labute approximate surface area is 232 Å². The second-order valence-corrected chi connectivity index (χ2v) is 13.2. The molecule has 1 aliphatic heterocycles. The molecule has 0 radical (unpaired) electrons. The average molecular weight is 586 g/mol. The number of ether oxygens (including phenoxy) is 2. The van der Waals surface area contributed by atoms with E-state index in [9.17, 15) is 17.6 Å². The van der Waals surface area contributed by atoms with Crippen LogP contribution in [0.1, 0.15) is 59.5 Å². The predicted molar refractivity (Wildman–Crippen MR) is 144 cm³/mol. The molecule has 5 rings (SSSR count). The number of methoxy groups -OCH3 is 1. The number of halogens is 3. The van der Waals surface area contributed by atoms with Gasteiger partial charge in [0.15, 0.2) is 0 Å². The Morgan fingerprint density at radius 2 is 1.76 bits per heavy atom. The lowest BCUT2D eigenvalue weighted by Crippen LogP contribution is -2.44. The average Bonchev–Trinajstić information content (AvgIpc) is 3.76. The first-order valence-electron chi connectivity index (χ1n) is 12.7. The van der Waals surface area contributed by atoms with E-state index in [-0.39, 0.29) is 29.0 Å². The van der Waals surface area contributed by atoms with Crippen LogP contribution in [0, 0.1) is 11.7 Å². The fraction of sp³-hybridized carbons (Fsp3) is 0.519. The van der Waals surface area contributed by atoms with Crippen LogP contribution < -0.4 is 9.46 Å². The largest absolute Gasteiger partial charge is 0.493 e. The maximum atomic E-state index is 14.8. The lowest BCUT2D eigenvalue weighted by Gasteiger charge is -2.39. The Kier molecular flexibility index (Phi) is 7.70. The normalized spacial score (nSPS) is 24.3. The first-order valence-corrected chi connectivity index (χ1v) is 15.4. The molecule has 1 N–H and O–H groups in total. The lowest BCUT2D eigenvalue weighted by atomic mass is 9.93. The molecule has 1 heterocycles. The van der Waals surface area contributed by atoms with Crippen LogP contribution in [0.2, 0.25) is 10.0 Å². The Morgan fingerprint density at radius 1 is 1.11 bits per heavy atom. The molecule has 2 atom stereocenters. The van der Waals surface area contributed by atoms with E-state index in [1.807, 2.05) is 16.9 Å². The van der Waals surface area contributed by atoms with Crippen molar-refractivity contribution in [3.8, 4) is 5.75 Å². The second kappa shape index (κ2) is 10.6. The van der Waals surface area contributed by atoms with E-state index < -0.39 is 21.7 Å². The van der Waals surface area contributed by atoms with Crippen molar-refractivity contribution in [2.75, 3.05) is 33.1 Å². The number of carbonyl (C=O) groups excluding carboxylic acids is 1. The fourth-order valence-corrected chi connectivity index (χ4v) is 6.61. The third-order valence-electron chi connectivity index (χ3n) is 7.81. The van der Waals surface area contributed by atoms with E-state index in [0.29, 0.717) is 22.4 Å². The second-order valence-electron chi connectivity index (χ2n) is 10.6. The molecule has 1 amide bonds. The molecular weight excluding hydrogens is 554 g/mol. The molecule has 206 valence electrons. The predicted octanol–water partition coefficient (Wildman–Crippen LogP) is 5.10. The number of benzene rings is 2. The zero-order valence-electron chi connectivity index (χ0n) is 21.3. The highest BCUT2D eigenvalue weighted by atomic mass is 35.5. The Hall–Kier alpha value is -1.91. The third-order valence-corrected chi connectivity index (χ3v) is 8.80. The van der Waals surface area contributed by atoms with Crippen LogP contribution in [-0.4, -0.2) is 58.4 Å². The number of nitrogens with zero attached hydrogens (tertiary/aromatic N) is 1. The third kappa shape index (κ3) is 5.82. The summed E-state index contributed by atoms with van der Waals surface area (Å²) in [4.78, 5) is 14.7. The maximum Gasteiger partial charge on any atom is 0.267 e. The molecule has 2 aromatic rings. The van der Waals surface area contributed by atoms with Gasteiger partial charge in [-0.15, -0.1) is 0 Å². The smallest absolute Gasteiger partial charge is 0.267 e. The minimum absolute atomic E-state index is 0.0762. The molecule has 0 bridgehead atoms. The highest BCUT2D eigenvalue weighted by molar-refractivity contribution is 7.89. The van der Waals surface area contributed by atoms with Gasteiger partial charge in [0.1, 0.15) is 11.6 Å². The summed E-state index contributed by atoms with van der Waals surface area (Å²) in [7, 11) is -2.07. The van der Waals surface area contributed by atoms with Crippen molar-refractivity contribution in [3.63, 3.8) is 0 Å². The summed E-state index contributed by atoms with van der Waals surface area (Å²) in [6, 6.07) is 8.32. The molecule has 0 aromatic heterocycles. The summed E-state index contributed by atoms with van der Waals surface area (Å²) in [6.07, 6.45) is 5.47. The molecule has 3 aliphatic rings. The van der Waals surface area contributed by atoms with Gasteiger partial charge in [-0.3, -0.25) is 9.69 Å². The monoisotopic (exact) mass is 584 g/mol. The zero-order chi connectivity index (χ0) is 27.2. The molecule has 2 aliphatic carbocycles. The molecule has 38 heavy (non-hydrogen) atoms. The zero-order valence-corrected chi connectivity index (χ0v) is 23.6. The maximum absolute atomic E-state index is 14.8. The van der Waals surface area contributed by atoms with Gasteiger partial charge in [-0.1, -0.05) is 23.2 Å². The van der Waals surface area contributed by atoms with Crippen LogP contribution in [0.25, 0.3) is 0 Å². The molecular formula is C27H31Cl2FN2O5S. The van der Waals surface area contributed by atoms with Gasteiger partial charge in [-0.25, -0.2) is 17.5 Å². The van der Waals surface area contributed by atoms with Crippen molar-refractivity contribution in [2.24, 2.45) is 5.92 Å². The summed E-state index contributed by atoms with van der Waals surface area (Å²) in [6.45, 7) is 2.14. The van der Waals surface area contributed by atoms with Crippen molar-refractivity contribution in [3.05, 3.63) is 62.9 Å². The van der Waals surface area contributed by atoms with Crippen LogP contribution in [0.3, 0.4) is 0 Å². The summed E-state index contributed by atoms with van der Waals surface area (Å²) < 4.78 is 51.4. The summed E-state index contributed by atoms with van der Waals surface area (Å²) in [5.41, 5.74) is 1.29. The number of sulfonamides is 1. The van der Waals surface area contributed by atoms with E-state index >= 15 is 0 Å². The molecule has 1 saturated heterocycles. The van der Waals surface area contributed by atoms with Crippen LogP contribution in [0.15, 0.2) is 30.3 Å². The summed E-state index contributed by atoms with van der Waals surface area (Å²) in [5.74, 6) is -0.885. The quantitative estimate of drug-likeness (QED) is 0.441. The standard InChI is InChI=1S/C27H31Cl2FN2O5S/c1-36-25-14-27(25,18-9-19(28)11-20(29)10-18)32-7-5-16(6-8-32)15-37-24-13-23(30)22(12-21(24)17-3-4-17)26(33)31-38(2,34)35/h9-13,16-17,25H,3-8,14-15H2,1-2H3,(H,31,33)/t25-,27?/m0/s1. The van der Waals surface area contributed by atoms with Gasteiger partial charge in [-0.2, -0.15) is 0 Å². The number of likely N-dealkylation sites (tertiary alicyclic amines) is 1. The summed E-state index contributed by atoms with van der Waals surface area (Å²) >= 11 is 12.6. The van der Waals surface area contributed by atoms with Gasteiger partial charge in [-0.05, 0) is 86.0 Å². The molecule has 2 aromatic carbocycles. The van der Waals surface area contributed by atoms with Crippen molar-refractivity contribution in [2.45, 2.75) is 49.7 Å². The van der Waals surface area contributed by atoms with Gasteiger partial charge in [0.2, 0.25) is 10.0 Å². The van der Waals surface area contributed by atoms with E-state index in [4.69, 9.17) is 32.7 Å². The van der Waals surface area contributed by atoms with Crippen LogP contribution in [0.5, 0.6) is 5.75 Å². The van der Waals surface area contributed by atoms with Gasteiger partial charge in [0, 0.05) is 29.6 Å². The molecule has 0 spiro atoms. The van der Waals surface area contributed by atoms with Crippen LogP contribution >= 0.6 is 23.2 Å². The number of piperidine rings is 1. The van der Waals surface area contributed by atoms with Gasteiger partial charge >= 0.3 is 0 Å². The Bertz CT molecular complexity index is 1320. The minimum atomic E-state index is -3.80. The minimum Gasteiger partial charge on any atom is -0.493 e. The van der Waals surface area contributed by atoms with Gasteiger partial charge in [0.25, 0.3) is 5.91 Å². The van der Waals surface area contributed by atoms with Gasteiger partial charge in [0.05, 0.1) is 30.1 Å². The van der Waals surface area contributed by atoms with E-state index in [1.54, 1.807) is 13.2 Å². The molecule has 3 fully saturated rings. The number of hydrogen-bond donors (Lipinski definition) is 1. The van der Waals surface area contributed by atoms with Crippen molar-refractivity contribution in [1.29, 1.82) is 0 Å². The lowest BCUT2D eigenvalue weighted by molar-refractivity contribution is 0.0511. The number of amides is 1. The van der Waals surface area contributed by atoms with E-state index in [2.05, 4.69) is 4.90 Å². The Morgan fingerprint density at radius 3 is 2.32 bits per heavy atom. The molecule has 7 nitrogen and oxygen atoms in total. The number of carbonyl (C=O) groups is 1. The molecule has 11 heteroatoms. The highest BCUT2D eigenvalue weighted by Gasteiger charge is 2.60. The number of rotatable bonds is 9. The Balaban J connectivity index is 1.25. The first-order chi connectivity index (χ1) is 18.0. The van der Waals surface area contributed by atoms with Crippen molar-refractivity contribution < 1.29 is 27.1 Å². The highest BCUT2D eigenvalue weighted by Crippen LogP contribution is 2.54. The number of hydrogen-bond acceptors (Lipinski definition) is 6. The molecule has 1 unspecified atom stereocenters. The fourth-order valence-electron chi connectivity index (χ4n) is 5.64. The molecule has 2 saturated carbocycles. The SMILES string of the molecule is CO[C@H]1CC1(c1cc(Cl)cc(Cl)c1)N1CCC(COc2cc(F)c(C(=O)NS(C)(=O)=O)cc2C2CC2)CC1.